The Morgan fingerprint density at radius 2 is 1.52 bits per heavy atom. The van der Waals surface area contributed by atoms with Crippen molar-refractivity contribution >= 4 is 11.8 Å². The molecule has 2 bridgehead atoms. The van der Waals surface area contributed by atoms with Gasteiger partial charge in [0.2, 0.25) is 5.91 Å². The highest BCUT2D eigenvalue weighted by atomic mass is 16.5. The lowest BCUT2D eigenvalue weighted by Crippen LogP contribution is -2.52. The zero-order valence-corrected chi connectivity index (χ0v) is 16.1. The van der Waals surface area contributed by atoms with Crippen molar-refractivity contribution in [3.63, 3.8) is 0 Å². The van der Waals surface area contributed by atoms with E-state index in [0.717, 1.165) is 12.3 Å². The Labute approximate surface area is 160 Å². The molecule has 1 aliphatic heterocycles. The molecule has 146 valence electrons. The molecule has 2 saturated carbocycles. The van der Waals surface area contributed by atoms with E-state index < -0.39 is 0 Å². The van der Waals surface area contributed by atoms with E-state index in [-0.39, 0.29) is 11.8 Å². The highest BCUT2D eigenvalue weighted by Gasteiger charge is 2.44. The predicted octanol–water partition coefficient (Wildman–Crippen LogP) is 2.42. The van der Waals surface area contributed by atoms with Crippen LogP contribution in [-0.2, 0) is 4.79 Å². The number of amides is 2. The first-order chi connectivity index (χ1) is 13.1. The molecule has 1 saturated heterocycles. The smallest absolute Gasteiger partial charge is 0.254 e. The number of nitrogens with zero attached hydrogens (tertiary/aromatic N) is 2. The maximum absolute atomic E-state index is 12.9. The number of rotatable bonds is 4. The van der Waals surface area contributed by atoms with Crippen molar-refractivity contribution in [1.82, 2.24) is 9.80 Å². The van der Waals surface area contributed by atoms with Gasteiger partial charge in [-0.2, -0.15) is 0 Å². The van der Waals surface area contributed by atoms with Crippen molar-refractivity contribution < 1.29 is 19.1 Å². The first kappa shape index (κ1) is 18.1. The van der Waals surface area contributed by atoms with Crippen LogP contribution in [0.4, 0.5) is 0 Å². The average molecular weight is 372 g/mol. The largest absolute Gasteiger partial charge is 0.497 e. The van der Waals surface area contributed by atoms with Crippen LogP contribution in [0.1, 0.15) is 36.0 Å². The van der Waals surface area contributed by atoms with Gasteiger partial charge in [0.1, 0.15) is 11.5 Å². The lowest BCUT2D eigenvalue weighted by molar-refractivity contribution is -0.138. The van der Waals surface area contributed by atoms with Crippen molar-refractivity contribution in [3.8, 4) is 11.5 Å². The quantitative estimate of drug-likeness (QED) is 0.814. The normalized spacial score (nSPS) is 27.0. The van der Waals surface area contributed by atoms with Crippen LogP contribution in [0.25, 0.3) is 0 Å². The average Bonchev–Trinajstić information content (AvgIpc) is 3.36. The van der Waals surface area contributed by atoms with Gasteiger partial charge in [-0.25, -0.2) is 0 Å². The Morgan fingerprint density at radius 3 is 2.04 bits per heavy atom. The van der Waals surface area contributed by atoms with Crippen LogP contribution < -0.4 is 9.47 Å². The van der Waals surface area contributed by atoms with Crippen LogP contribution in [0.5, 0.6) is 11.5 Å². The second-order valence-electron chi connectivity index (χ2n) is 8.00. The minimum Gasteiger partial charge on any atom is -0.497 e. The number of piperazine rings is 1. The summed E-state index contributed by atoms with van der Waals surface area (Å²) < 4.78 is 10.5. The van der Waals surface area contributed by atoms with Gasteiger partial charge in [-0.1, -0.05) is 6.42 Å². The van der Waals surface area contributed by atoms with Crippen LogP contribution in [0.3, 0.4) is 0 Å². The van der Waals surface area contributed by atoms with Gasteiger partial charge >= 0.3 is 0 Å². The van der Waals surface area contributed by atoms with Crippen LogP contribution in [-0.4, -0.2) is 62.0 Å². The summed E-state index contributed by atoms with van der Waals surface area (Å²) in [7, 11) is 3.15. The molecule has 0 spiro atoms. The van der Waals surface area contributed by atoms with Gasteiger partial charge in [-0.15, -0.1) is 0 Å². The Bertz CT molecular complexity index is 705. The lowest BCUT2D eigenvalue weighted by atomic mass is 9.87. The van der Waals surface area contributed by atoms with Gasteiger partial charge in [0.25, 0.3) is 5.91 Å². The fourth-order valence-electron chi connectivity index (χ4n) is 5.03. The van der Waals surface area contributed by atoms with Crippen LogP contribution in [0.2, 0.25) is 0 Å². The molecule has 6 nitrogen and oxygen atoms in total. The van der Waals surface area contributed by atoms with Crippen molar-refractivity contribution in [1.29, 1.82) is 0 Å². The lowest BCUT2D eigenvalue weighted by Gasteiger charge is -2.37. The second kappa shape index (κ2) is 7.41. The Hall–Kier alpha value is -2.24. The molecule has 3 fully saturated rings. The Kier molecular flexibility index (Phi) is 4.98. The Balaban J connectivity index is 1.37. The molecule has 1 aromatic carbocycles. The highest BCUT2D eigenvalue weighted by molar-refractivity contribution is 5.95. The Morgan fingerprint density at radius 1 is 0.889 bits per heavy atom. The van der Waals surface area contributed by atoms with Crippen molar-refractivity contribution in [2.45, 2.75) is 25.7 Å². The maximum atomic E-state index is 12.9. The molecule has 2 aliphatic carbocycles. The predicted molar refractivity (Wildman–Crippen MR) is 101 cm³/mol. The molecule has 4 rings (SSSR count). The summed E-state index contributed by atoms with van der Waals surface area (Å²) >= 11 is 0. The summed E-state index contributed by atoms with van der Waals surface area (Å²) in [5, 5.41) is 0. The summed E-state index contributed by atoms with van der Waals surface area (Å²) in [4.78, 5) is 29.6. The molecule has 3 unspecified atom stereocenters. The van der Waals surface area contributed by atoms with Crippen LogP contribution >= 0.6 is 0 Å². The molecule has 6 heteroatoms. The third-order valence-electron chi connectivity index (χ3n) is 6.53. The topological polar surface area (TPSA) is 59.1 Å². The fraction of sp³-hybridized carbons (Fsp3) is 0.619. The molecule has 0 aromatic heterocycles. The highest BCUT2D eigenvalue weighted by Crippen LogP contribution is 2.48. The number of methoxy groups -OCH3 is 2. The number of carbonyl (C=O) groups excluding carboxylic acids is 2. The van der Waals surface area contributed by atoms with E-state index in [0.29, 0.717) is 55.1 Å². The van der Waals surface area contributed by atoms with Gasteiger partial charge in [0.15, 0.2) is 0 Å². The van der Waals surface area contributed by atoms with Crippen molar-refractivity contribution in [2.24, 2.45) is 17.8 Å². The van der Waals surface area contributed by atoms with E-state index in [1.165, 1.54) is 19.3 Å². The molecule has 2 amide bonds. The molecule has 0 N–H and O–H groups in total. The molecule has 3 aliphatic rings. The molecule has 1 aromatic rings. The number of carbonyl (C=O) groups is 2. The molecular formula is C21H28N2O4. The van der Waals surface area contributed by atoms with Gasteiger partial charge in [0, 0.05) is 43.7 Å². The zero-order chi connectivity index (χ0) is 19.0. The minimum absolute atomic E-state index is 0.0424. The first-order valence-corrected chi connectivity index (χ1v) is 9.90. The molecular weight excluding hydrogens is 344 g/mol. The van der Waals surface area contributed by atoms with Gasteiger partial charge < -0.3 is 19.3 Å². The zero-order valence-electron chi connectivity index (χ0n) is 16.1. The summed E-state index contributed by atoms with van der Waals surface area (Å²) in [5.74, 6) is 3.08. The van der Waals surface area contributed by atoms with Crippen molar-refractivity contribution in [3.05, 3.63) is 23.8 Å². The molecule has 3 atom stereocenters. The number of fused-ring (bicyclic) bond motifs is 2. The number of hydrogen-bond acceptors (Lipinski definition) is 4. The van der Waals surface area contributed by atoms with E-state index in [1.54, 1.807) is 32.4 Å². The van der Waals surface area contributed by atoms with Crippen LogP contribution in [0.15, 0.2) is 18.2 Å². The third kappa shape index (κ3) is 3.49. The summed E-state index contributed by atoms with van der Waals surface area (Å²) in [6, 6.07) is 5.22. The second-order valence-corrected chi connectivity index (χ2v) is 8.00. The number of hydrogen-bond donors (Lipinski definition) is 0. The van der Waals surface area contributed by atoms with Gasteiger partial charge in [-0.3, -0.25) is 9.59 Å². The van der Waals surface area contributed by atoms with Gasteiger partial charge in [0.05, 0.1) is 14.2 Å². The number of ether oxygens (including phenoxy) is 2. The van der Waals surface area contributed by atoms with E-state index in [9.17, 15) is 9.59 Å². The van der Waals surface area contributed by atoms with E-state index in [4.69, 9.17) is 9.47 Å². The monoisotopic (exact) mass is 372 g/mol. The van der Waals surface area contributed by atoms with E-state index >= 15 is 0 Å². The first-order valence-electron chi connectivity index (χ1n) is 9.90. The molecule has 27 heavy (non-hydrogen) atoms. The molecule has 1 heterocycles. The minimum atomic E-state index is -0.0424. The summed E-state index contributed by atoms with van der Waals surface area (Å²) in [6.45, 7) is 2.40. The summed E-state index contributed by atoms with van der Waals surface area (Å²) in [6.07, 6.45) is 4.84. The van der Waals surface area contributed by atoms with Crippen LogP contribution in [0, 0.1) is 17.8 Å². The molecule has 0 radical (unpaired) electrons. The van der Waals surface area contributed by atoms with E-state index in [1.807, 2.05) is 9.80 Å². The van der Waals surface area contributed by atoms with E-state index in [2.05, 4.69) is 0 Å². The SMILES string of the molecule is COc1cc(OC)cc(C(=O)N2CCN(C(=O)C3CC4CCC3C4)CC2)c1. The van der Waals surface area contributed by atoms with Gasteiger partial charge in [-0.05, 0) is 43.2 Å². The third-order valence-corrected chi connectivity index (χ3v) is 6.53. The fourth-order valence-corrected chi connectivity index (χ4v) is 5.03. The summed E-state index contributed by atoms with van der Waals surface area (Å²) in [5.41, 5.74) is 0.555. The van der Waals surface area contributed by atoms with Crippen molar-refractivity contribution in [2.75, 3.05) is 40.4 Å². The number of benzene rings is 1. The maximum Gasteiger partial charge on any atom is 0.254 e. The standard InChI is InChI=1S/C21H28N2O4/c1-26-17-11-16(12-18(13-17)27-2)20(24)22-5-7-23(8-6-22)21(25)19-10-14-3-4-15(19)9-14/h11-15,19H,3-10H2,1-2H3.